The van der Waals surface area contributed by atoms with Crippen LogP contribution in [0.2, 0.25) is 0 Å². The molecule has 0 aliphatic carbocycles. The van der Waals surface area contributed by atoms with Gasteiger partial charge in [0.1, 0.15) is 0 Å². The van der Waals surface area contributed by atoms with Crippen LogP contribution in [0.5, 0.6) is 0 Å². The quantitative estimate of drug-likeness (QED) is 0.804. The summed E-state index contributed by atoms with van der Waals surface area (Å²) in [4.78, 5) is 15.0. The zero-order valence-corrected chi connectivity index (χ0v) is 12.0. The van der Waals surface area contributed by atoms with Crippen LogP contribution in [0.25, 0.3) is 10.9 Å². The second kappa shape index (κ2) is 5.83. The van der Waals surface area contributed by atoms with E-state index >= 15 is 0 Å². The summed E-state index contributed by atoms with van der Waals surface area (Å²) in [5.74, 6) is 2.57. The SMILES string of the molecule is C#CC(C)(C)NC(=O)CCCc1c[nH]c2ccccc12. The number of terminal acetylenes is 1. The second-order valence-electron chi connectivity index (χ2n) is 5.53. The van der Waals surface area contributed by atoms with Gasteiger partial charge in [0, 0.05) is 23.5 Å². The maximum atomic E-state index is 11.8. The first-order valence-corrected chi connectivity index (χ1v) is 6.85. The first-order chi connectivity index (χ1) is 9.52. The molecule has 0 unspecified atom stereocenters. The van der Waals surface area contributed by atoms with Crippen LogP contribution in [-0.2, 0) is 11.2 Å². The molecule has 2 rings (SSSR count). The number of rotatable bonds is 5. The Bertz CT molecular complexity index is 646. The number of aryl methyl sites for hydroxylation is 1. The van der Waals surface area contributed by atoms with E-state index in [4.69, 9.17) is 6.42 Å². The lowest BCUT2D eigenvalue weighted by molar-refractivity contribution is -0.122. The summed E-state index contributed by atoms with van der Waals surface area (Å²) < 4.78 is 0. The monoisotopic (exact) mass is 268 g/mol. The fourth-order valence-electron chi connectivity index (χ4n) is 2.22. The molecule has 1 aromatic heterocycles. The van der Waals surface area contributed by atoms with Gasteiger partial charge < -0.3 is 10.3 Å². The van der Waals surface area contributed by atoms with Crippen LogP contribution in [0.15, 0.2) is 30.5 Å². The summed E-state index contributed by atoms with van der Waals surface area (Å²) >= 11 is 0. The summed E-state index contributed by atoms with van der Waals surface area (Å²) in [6.07, 6.45) is 9.56. The summed E-state index contributed by atoms with van der Waals surface area (Å²) in [5, 5.41) is 4.07. The van der Waals surface area contributed by atoms with E-state index in [0.717, 1.165) is 18.4 Å². The largest absolute Gasteiger partial charge is 0.361 e. The molecule has 0 saturated carbocycles. The fraction of sp³-hybridized carbons (Fsp3) is 0.353. The van der Waals surface area contributed by atoms with Gasteiger partial charge in [0.2, 0.25) is 5.91 Å². The number of amides is 1. The van der Waals surface area contributed by atoms with Crippen LogP contribution in [0.3, 0.4) is 0 Å². The van der Waals surface area contributed by atoms with Crippen LogP contribution < -0.4 is 5.32 Å². The zero-order chi connectivity index (χ0) is 14.6. The molecule has 2 N–H and O–H groups in total. The number of carbonyl (C=O) groups excluding carboxylic acids is 1. The maximum absolute atomic E-state index is 11.8. The second-order valence-corrected chi connectivity index (χ2v) is 5.53. The summed E-state index contributed by atoms with van der Waals surface area (Å²) in [5.41, 5.74) is 1.82. The van der Waals surface area contributed by atoms with Gasteiger partial charge in [-0.15, -0.1) is 6.42 Å². The molecule has 3 heteroatoms. The van der Waals surface area contributed by atoms with Crippen molar-refractivity contribution in [1.29, 1.82) is 0 Å². The number of H-pyrrole nitrogens is 1. The van der Waals surface area contributed by atoms with Gasteiger partial charge in [-0.25, -0.2) is 0 Å². The molecule has 20 heavy (non-hydrogen) atoms. The number of benzene rings is 1. The standard InChI is InChI=1S/C17H20N2O/c1-4-17(2,3)19-16(20)11-7-8-13-12-18-15-10-6-5-9-14(13)15/h1,5-6,9-10,12,18H,7-8,11H2,2-3H3,(H,19,20). The molecule has 3 nitrogen and oxygen atoms in total. The average molecular weight is 268 g/mol. The number of hydrogen-bond acceptors (Lipinski definition) is 1. The highest BCUT2D eigenvalue weighted by atomic mass is 16.1. The average Bonchev–Trinajstić information content (AvgIpc) is 2.82. The van der Waals surface area contributed by atoms with E-state index in [1.54, 1.807) is 0 Å². The Morgan fingerprint density at radius 2 is 2.15 bits per heavy atom. The summed E-state index contributed by atoms with van der Waals surface area (Å²) in [6.45, 7) is 3.65. The molecule has 0 fully saturated rings. The van der Waals surface area contributed by atoms with Crippen molar-refractivity contribution in [1.82, 2.24) is 10.3 Å². The van der Waals surface area contributed by atoms with Gasteiger partial charge >= 0.3 is 0 Å². The molecule has 0 saturated heterocycles. The zero-order valence-electron chi connectivity index (χ0n) is 12.0. The molecule has 0 radical (unpaired) electrons. The van der Waals surface area contributed by atoms with Crippen molar-refractivity contribution in [2.45, 2.75) is 38.6 Å². The fourth-order valence-corrected chi connectivity index (χ4v) is 2.22. The third-order valence-electron chi connectivity index (χ3n) is 3.34. The van der Waals surface area contributed by atoms with Crippen LogP contribution in [0, 0.1) is 12.3 Å². The Hall–Kier alpha value is -2.21. The first kappa shape index (κ1) is 14.2. The number of nitrogens with one attached hydrogen (secondary N) is 2. The molecule has 0 aliphatic heterocycles. The third-order valence-corrected chi connectivity index (χ3v) is 3.34. The van der Waals surface area contributed by atoms with Gasteiger partial charge in [0.15, 0.2) is 0 Å². The van der Waals surface area contributed by atoms with Gasteiger partial charge in [-0.3, -0.25) is 4.79 Å². The highest BCUT2D eigenvalue weighted by Gasteiger charge is 2.16. The number of carbonyl (C=O) groups is 1. The van der Waals surface area contributed by atoms with Crippen molar-refractivity contribution in [2.24, 2.45) is 0 Å². The lowest BCUT2D eigenvalue weighted by atomic mass is 10.0. The van der Waals surface area contributed by atoms with E-state index in [0.29, 0.717) is 6.42 Å². The Kier molecular flexibility index (Phi) is 4.14. The number of hydrogen-bond donors (Lipinski definition) is 2. The smallest absolute Gasteiger partial charge is 0.221 e. The van der Waals surface area contributed by atoms with Crippen LogP contribution in [-0.4, -0.2) is 16.4 Å². The summed E-state index contributed by atoms with van der Waals surface area (Å²) in [7, 11) is 0. The van der Waals surface area contributed by atoms with E-state index in [1.165, 1.54) is 10.9 Å². The van der Waals surface area contributed by atoms with Gasteiger partial charge in [-0.1, -0.05) is 24.1 Å². The van der Waals surface area contributed by atoms with E-state index in [2.05, 4.69) is 28.4 Å². The molecular formula is C17H20N2O. The minimum atomic E-state index is -0.572. The number of aromatic nitrogens is 1. The number of aromatic amines is 1. The van der Waals surface area contributed by atoms with Gasteiger partial charge in [-0.2, -0.15) is 0 Å². The molecule has 0 aliphatic rings. The normalized spacial score (nSPS) is 11.2. The molecule has 0 bridgehead atoms. The van der Waals surface area contributed by atoms with Crippen molar-refractivity contribution in [3.8, 4) is 12.3 Å². The maximum Gasteiger partial charge on any atom is 0.221 e. The Balaban J connectivity index is 1.88. The molecule has 1 aromatic carbocycles. The van der Waals surface area contributed by atoms with Gasteiger partial charge in [0.25, 0.3) is 0 Å². The lowest BCUT2D eigenvalue weighted by Gasteiger charge is -2.19. The Morgan fingerprint density at radius 1 is 1.40 bits per heavy atom. The van der Waals surface area contributed by atoms with Crippen molar-refractivity contribution < 1.29 is 4.79 Å². The first-order valence-electron chi connectivity index (χ1n) is 6.85. The molecule has 1 heterocycles. The number of para-hydroxylation sites is 1. The van der Waals surface area contributed by atoms with E-state index in [-0.39, 0.29) is 5.91 Å². The third kappa shape index (κ3) is 3.42. The highest BCUT2D eigenvalue weighted by Crippen LogP contribution is 2.19. The molecular weight excluding hydrogens is 248 g/mol. The van der Waals surface area contributed by atoms with E-state index in [9.17, 15) is 4.79 Å². The predicted octanol–water partition coefficient (Wildman–Crippen LogP) is 3.02. The van der Waals surface area contributed by atoms with Crippen LogP contribution in [0.1, 0.15) is 32.3 Å². The molecule has 0 atom stereocenters. The minimum absolute atomic E-state index is 0.00721. The lowest BCUT2D eigenvalue weighted by Crippen LogP contribution is -2.41. The predicted molar refractivity (Wildman–Crippen MR) is 82.3 cm³/mol. The van der Waals surface area contributed by atoms with Crippen molar-refractivity contribution >= 4 is 16.8 Å². The van der Waals surface area contributed by atoms with Gasteiger partial charge in [-0.05, 0) is 38.3 Å². The Labute approximate surface area is 119 Å². The van der Waals surface area contributed by atoms with Crippen LogP contribution >= 0.6 is 0 Å². The van der Waals surface area contributed by atoms with Crippen molar-refractivity contribution in [3.63, 3.8) is 0 Å². The van der Waals surface area contributed by atoms with Gasteiger partial charge in [0.05, 0.1) is 5.54 Å². The molecule has 0 spiro atoms. The Morgan fingerprint density at radius 3 is 2.90 bits per heavy atom. The van der Waals surface area contributed by atoms with Crippen molar-refractivity contribution in [2.75, 3.05) is 0 Å². The summed E-state index contributed by atoms with van der Waals surface area (Å²) in [6, 6.07) is 8.20. The molecule has 1 amide bonds. The number of fused-ring (bicyclic) bond motifs is 1. The van der Waals surface area contributed by atoms with Crippen molar-refractivity contribution in [3.05, 3.63) is 36.0 Å². The highest BCUT2D eigenvalue weighted by molar-refractivity contribution is 5.83. The van der Waals surface area contributed by atoms with E-state index in [1.807, 2.05) is 32.2 Å². The molecule has 104 valence electrons. The minimum Gasteiger partial charge on any atom is -0.361 e. The topological polar surface area (TPSA) is 44.9 Å². The molecule has 2 aromatic rings. The van der Waals surface area contributed by atoms with Crippen LogP contribution in [0.4, 0.5) is 0 Å². The van der Waals surface area contributed by atoms with E-state index < -0.39 is 5.54 Å².